The molecule has 0 unspecified atom stereocenters. The molecular weight excluding hydrogens is 513 g/mol. The third kappa shape index (κ3) is 5.16. The number of hydrogen-bond donors (Lipinski definition) is 1. The van der Waals surface area contributed by atoms with Crippen molar-refractivity contribution in [2.45, 2.75) is 14.2 Å². The molecule has 7 nitrogen and oxygen atoms in total. The Bertz CT molecular complexity index is 1310. The van der Waals surface area contributed by atoms with Crippen LogP contribution in [0.25, 0.3) is 0 Å². The molecule has 0 atom stereocenters. The Morgan fingerprint density at radius 2 is 1.57 bits per heavy atom. The number of benzene rings is 1. The highest BCUT2D eigenvalue weighted by Gasteiger charge is 2.24. The second-order valence-electron chi connectivity index (χ2n) is 5.85. The number of nitrogens with one attached hydrogen (secondary N) is 1. The number of sulfone groups is 1. The van der Waals surface area contributed by atoms with E-state index < -0.39 is 31.6 Å². The molecule has 0 aliphatic carbocycles. The van der Waals surface area contributed by atoms with Gasteiger partial charge in [0.2, 0.25) is 0 Å². The summed E-state index contributed by atoms with van der Waals surface area (Å²) in [6.07, 6.45) is 0. The monoisotopic (exact) mass is 525 g/mol. The summed E-state index contributed by atoms with van der Waals surface area (Å²) in [5.41, 5.74) is 0.168. The zero-order chi connectivity index (χ0) is 22.1. The van der Waals surface area contributed by atoms with Gasteiger partial charge in [-0.15, -0.1) is 22.7 Å². The first kappa shape index (κ1) is 23.0. The number of anilines is 1. The Labute approximate surface area is 191 Å². The zero-order valence-electron chi connectivity index (χ0n) is 15.1. The van der Waals surface area contributed by atoms with Crippen molar-refractivity contribution < 1.29 is 26.4 Å². The third-order valence-electron chi connectivity index (χ3n) is 3.78. The average Bonchev–Trinajstić information content (AvgIpc) is 3.31. The lowest BCUT2D eigenvalue weighted by molar-refractivity contribution is 0.0600. The first-order chi connectivity index (χ1) is 14.0. The molecule has 0 amide bonds. The first-order valence-electron chi connectivity index (χ1n) is 7.99. The van der Waals surface area contributed by atoms with Crippen LogP contribution in [0.15, 0.2) is 50.9 Å². The van der Waals surface area contributed by atoms with E-state index in [0.717, 1.165) is 22.7 Å². The summed E-state index contributed by atoms with van der Waals surface area (Å²) in [6.45, 7) is 0. The second kappa shape index (κ2) is 8.85. The minimum Gasteiger partial charge on any atom is -0.465 e. The van der Waals surface area contributed by atoms with E-state index in [-0.39, 0.29) is 29.6 Å². The Hall–Kier alpha value is -1.63. The van der Waals surface area contributed by atoms with E-state index in [1.165, 1.54) is 49.6 Å². The summed E-state index contributed by atoms with van der Waals surface area (Å²) >= 11 is 13.4. The van der Waals surface area contributed by atoms with Gasteiger partial charge in [-0.2, -0.15) is 0 Å². The maximum Gasteiger partial charge on any atom is 0.337 e. The number of thiophene rings is 2. The summed E-state index contributed by atoms with van der Waals surface area (Å²) in [5.74, 6) is -1.25. The lowest BCUT2D eigenvalue weighted by atomic mass is 10.1. The normalized spacial score (nSPS) is 12.0. The molecule has 2 aromatic heterocycles. The van der Waals surface area contributed by atoms with Crippen LogP contribution < -0.4 is 4.72 Å². The summed E-state index contributed by atoms with van der Waals surface area (Å²) in [4.78, 5) is 11.9. The van der Waals surface area contributed by atoms with Gasteiger partial charge < -0.3 is 4.74 Å². The van der Waals surface area contributed by atoms with Crippen LogP contribution in [-0.2, 0) is 30.4 Å². The third-order valence-corrected chi connectivity index (χ3v) is 10.4. The molecule has 0 bridgehead atoms. The maximum atomic E-state index is 12.8. The average molecular weight is 526 g/mol. The number of carbonyl (C=O) groups excluding carboxylic acids is 1. The van der Waals surface area contributed by atoms with Gasteiger partial charge in [0.05, 0.1) is 32.8 Å². The van der Waals surface area contributed by atoms with Crippen molar-refractivity contribution in [3.8, 4) is 0 Å². The Morgan fingerprint density at radius 3 is 2.10 bits per heavy atom. The number of ether oxygens (including phenoxy) is 1. The molecule has 0 spiro atoms. The Balaban J connectivity index is 2.04. The zero-order valence-corrected chi connectivity index (χ0v) is 19.9. The Kier molecular flexibility index (Phi) is 6.80. The summed E-state index contributed by atoms with van der Waals surface area (Å²) in [5, 5.41) is 0. The maximum absolute atomic E-state index is 12.8. The quantitative estimate of drug-likeness (QED) is 0.448. The van der Waals surface area contributed by atoms with Crippen LogP contribution in [-0.4, -0.2) is 29.9 Å². The lowest BCUT2D eigenvalue weighted by Crippen LogP contribution is -2.15. The summed E-state index contributed by atoms with van der Waals surface area (Å²) in [6, 6.07) is 9.51. The van der Waals surface area contributed by atoms with Crippen molar-refractivity contribution in [2.24, 2.45) is 0 Å². The lowest BCUT2D eigenvalue weighted by Gasteiger charge is -2.13. The molecule has 0 radical (unpaired) electrons. The molecule has 1 N–H and O–H groups in total. The minimum atomic E-state index is -4.02. The van der Waals surface area contributed by atoms with Crippen LogP contribution in [0.5, 0.6) is 0 Å². The molecule has 0 aliphatic heterocycles. The molecule has 0 fully saturated rings. The molecule has 3 rings (SSSR count). The van der Waals surface area contributed by atoms with E-state index in [4.69, 9.17) is 23.2 Å². The molecule has 13 heteroatoms. The van der Waals surface area contributed by atoms with E-state index >= 15 is 0 Å². The van der Waals surface area contributed by atoms with Crippen molar-refractivity contribution in [3.05, 3.63) is 62.3 Å². The highest BCUT2D eigenvalue weighted by Crippen LogP contribution is 2.32. The van der Waals surface area contributed by atoms with Gasteiger partial charge >= 0.3 is 5.97 Å². The largest absolute Gasteiger partial charge is 0.465 e. The predicted molar refractivity (Wildman–Crippen MR) is 118 cm³/mol. The van der Waals surface area contributed by atoms with Crippen LogP contribution >= 0.6 is 45.9 Å². The van der Waals surface area contributed by atoms with Gasteiger partial charge in [-0.25, -0.2) is 21.6 Å². The minimum absolute atomic E-state index is 0.0124. The van der Waals surface area contributed by atoms with Crippen molar-refractivity contribution in [1.29, 1.82) is 0 Å². The van der Waals surface area contributed by atoms with Gasteiger partial charge in [-0.3, -0.25) is 4.72 Å². The van der Waals surface area contributed by atoms with Gasteiger partial charge in [-0.1, -0.05) is 23.2 Å². The smallest absolute Gasteiger partial charge is 0.337 e. The van der Waals surface area contributed by atoms with E-state index in [2.05, 4.69) is 9.46 Å². The van der Waals surface area contributed by atoms with Crippen molar-refractivity contribution in [3.63, 3.8) is 0 Å². The van der Waals surface area contributed by atoms with E-state index in [9.17, 15) is 21.6 Å². The van der Waals surface area contributed by atoms with Gasteiger partial charge in [0.1, 0.15) is 8.42 Å². The standard InChI is InChI=1S/C17H13Cl2NO6S4/c1-26-17(21)10-2-3-12(20-30(24,25)16-7-5-14(19)28-16)11(8-10)9-29(22,23)15-6-4-13(18)27-15/h2-8,20H,9H2,1H3. The van der Waals surface area contributed by atoms with E-state index in [1.807, 2.05) is 0 Å². The number of sulfonamides is 1. The summed E-state index contributed by atoms with van der Waals surface area (Å²) in [7, 11) is -6.68. The number of halogens is 2. The molecule has 160 valence electrons. The highest BCUT2D eigenvalue weighted by molar-refractivity contribution is 7.94. The van der Waals surface area contributed by atoms with Gasteiger partial charge in [-0.05, 0) is 48.0 Å². The summed E-state index contributed by atoms with van der Waals surface area (Å²) < 4.78 is 58.5. The molecule has 3 aromatic rings. The topological polar surface area (TPSA) is 107 Å². The van der Waals surface area contributed by atoms with Crippen molar-refractivity contribution in [1.82, 2.24) is 0 Å². The van der Waals surface area contributed by atoms with Crippen molar-refractivity contribution in [2.75, 3.05) is 11.8 Å². The molecule has 0 aliphatic rings. The second-order valence-corrected chi connectivity index (χ2v) is 13.4. The molecule has 2 heterocycles. The molecule has 0 saturated heterocycles. The van der Waals surface area contributed by atoms with Crippen molar-refractivity contribution >= 4 is 77.4 Å². The van der Waals surface area contributed by atoms with Gasteiger partial charge in [0.25, 0.3) is 10.0 Å². The number of rotatable bonds is 7. The van der Waals surface area contributed by atoms with Gasteiger partial charge in [0, 0.05) is 0 Å². The number of esters is 1. The number of hydrogen-bond acceptors (Lipinski definition) is 8. The van der Waals surface area contributed by atoms with Crippen LogP contribution in [0.1, 0.15) is 15.9 Å². The Morgan fingerprint density at radius 1 is 0.967 bits per heavy atom. The van der Waals surface area contributed by atoms with Crippen LogP contribution in [0.2, 0.25) is 8.67 Å². The molecular formula is C17H13Cl2NO6S4. The highest BCUT2D eigenvalue weighted by atomic mass is 35.5. The molecule has 0 saturated carbocycles. The van der Waals surface area contributed by atoms with Crippen LogP contribution in [0.4, 0.5) is 5.69 Å². The fourth-order valence-corrected chi connectivity index (χ4v) is 7.95. The van der Waals surface area contributed by atoms with Gasteiger partial charge in [0.15, 0.2) is 9.84 Å². The van der Waals surface area contributed by atoms with Crippen LogP contribution in [0.3, 0.4) is 0 Å². The molecule has 1 aromatic carbocycles. The molecule has 30 heavy (non-hydrogen) atoms. The number of methoxy groups -OCH3 is 1. The SMILES string of the molecule is COC(=O)c1ccc(NS(=O)(=O)c2ccc(Cl)s2)c(CS(=O)(=O)c2ccc(Cl)s2)c1. The van der Waals surface area contributed by atoms with E-state index in [1.54, 1.807) is 0 Å². The number of carbonyl (C=O) groups is 1. The predicted octanol–water partition coefficient (Wildman–Crippen LogP) is 4.68. The fourth-order valence-electron chi connectivity index (χ4n) is 2.44. The first-order valence-corrected chi connectivity index (χ1v) is 13.5. The van der Waals surface area contributed by atoms with Crippen LogP contribution in [0, 0.1) is 0 Å². The van der Waals surface area contributed by atoms with E-state index in [0.29, 0.717) is 4.34 Å². The fraction of sp³-hybridized carbons (Fsp3) is 0.118.